The van der Waals surface area contributed by atoms with Gasteiger partial charge in [0, 0.05) is 11.8 Å². The normalized spacial score (nSPS) is 11.1. The van der Waals surface area contributed by atoms with Gasteiger partial charge in [-0.15, -0.1) is 0 Å². The third kappa shape index (κ3) is 4.13. The quantitative estimate of drug-likeness (QED) is 0.659. The first-order valence-corrected chi connectivity index (χ1v) is 9.17. The second-order valence-electron chi connectivity index (χ2n) is 6.43. The molecule has 150 valence electrons. The van der Waals surface area contributed by atoms with Gasteiger partial charge < -0.3 is 14.6 Å². The van der Waals surface area contributed by atoms with Gasteiger partial charge in [-0.3, -0.25) is 9.20 Å². The Morgan fingerprint density at radius 2 is 1.90 bits per heavy atom. The molecule has 29 heavy (non-hydrogen) atoms. The van der Waals surface area contributed by atoms with Gasteiger partial charge in [0.15, 0.2) is 11.5 Å². The van der Waals surface area contributed by atoms with Crippen LogP contribution in [0.2, 0.25) is 0 Å². The molecule has 0 atom stereocenters. The smallest absolute Gasteiger partial charge is 0.337 e. The van der Waals surface area contributed by atoms with Gasteiger partial charge in [-0.1, -0.05) is 25.5 Å². The zero-order valence-electron chi connectivity index (χ0n) is 16.5. The van der Waals surface area contributed by atoms with Crippen LogP contribution < -0.4 is 15.0 Å². The predicted molar refractivity (Wildman–Crippen MR) is 111 cm³/mol. The highest BCUT2D eigenvalue weighted by Gasteiger charge is 2.12. The Hall–Kier alpha value is -3.61. The number of ether oxygens (including phenoxy) is 2. The van der Waals surface area contributed by atoms with Crippen molar-refractivity contribution >= 4 is 23.8 Å². The van der Waals surface area contributed by atoms with Crippen LogP contribution in [0.15, 0.2) is 41.3 Å². The van der Waals surface area contributed by atoms with E-state index in [1.165, 1.54) is 22.7 Å². The van der Waals surface area contributed by atoms with E-state index in [-0.39, 0.29) is 11.1 Å². The van der Waals surface area contributed by atoms with Crippen LogP contribution in [-0.2, 0) is 6.42 Å². The first-order valence-electron chi connectivity index (χ1n) is 9.17. The fraction of sp³-hybridized carbons (Fsp3) is 0.227. The lowest BCUT2D eigenvalue weighted by Gasteiger charge is -2.09. The molecule has 0 saturated carbocycles. The molecule has 0 spiro atoms. The van der Waals surface area contributed by atoms with E-state index in [0.717, 1.165) is 12.0 Å². The molecule has 3 rings (SSSR count). The van der Waals surface area contributed by atoms with Crippen molar-refractivity contribution in [2.75, 3.05) is 14.2 Å². The number of nitrogens with zero attached hydrogens (tertiary/aromatic N) is 2. The Labute approximate surface area is 167 Å². The third-order valence-electron chi connectivity index (χ3n) is 4.54. The van der Waals surface area contributed by atoms with Gasteiger partial charge >= 0.3 is 5.97 Å². The molecule has 0 radical (unpaired) electrons. The van der Waals surface area contributed by atoms with Crippen LogP contribution in [0.1, 0.15) is 40.5 Å². The molecule has 0 amide bonds. The Kier molecular flexibility index (Phi) is 5.97. The van der Waals surface area contributed by atoms with Crippen molar-refractivity contribution in [3.63, 3.8) is 0 Å². The van der Waals surface area contributed by atoms with Crippen LogP contribution in [0, 0.1) is 0 Å². The number of hydrogen-bond acceptors (Lipinski definition) is 5. The number of fused-ring (bicyclic) bond motifs is 1. The van der Waals surface area contributed by atoms with Crippen molar-refractivity contribution in [1.29, 1.82) is 0 Å². The Bertz CT molecular complexity index is 1150. The monoisotopic (exact) mass is 394 g/mol. The lowest BCUT2D eigenvalue weighted by molar-refractivity contribution is 0.0696. The molecule has 0 aliphatic rings. The summed E-state index contributed by atoms with van der Waals surface area (Å²) >= 11 is 0. The fourth-order valence-electron chi connectivity index (χ4n) is 3.07. The van der Waals surface area contributed by atoms with Crippen LogP contribution in [-0.4, -0.2) is 34.7 Å². The number of methoxy groups -OCH3 is 2. The molecule has 0 aliphatic carbocycles. The minimum Gasteiger partial charge on any atom is -0.493 e. The standard InChI is InChI=1S/C22H22N2O5/c1-4-5-16-17(9-6-14-7-10-18(28-2)19(12-14)29-3)23-20-11-8-15(22(26)27)13-24(20)21(16)25/h6-13H,4-5H2,1-3H3,(H,26,27)/b9-6+. The summed E-state index contributed by atoms with van der Waals surface area (Å²) in [5, 5.41) is 9.19. The summed E-state index contributed by atoms with van der Waals surface area (Å²) in [5.41, 5.74) is 2.16. The van der Waals surface area contributed by atoms with Crippen molar-refractivity contribution < 1.29 is 19.4 Å². The Morgan fingerprint density at radius 1 is 1.14 bits per heavy atom. The average molecular weight is 394 g/mol. The van der Waals surface area contributed by atoms with E-state index in [1.54, 1.807) is 20.3 Å². The molecule has 7 nitrogen and oxygen atoms in total. The van der Waals surface area contributed by atoms with Gasteiger partial charge in [0.1, 0.15) is 5.65 Å². The van der Waals surface area contributed by atoms with Crippen molar-refractivity contribution in [3.05, 3.63) is 69.3 Å². The minimum atomic E-state index is -1.09. The number of carboxylic acids is 1. The minimum absolute atomic E-state index is 0.0393. The molecule has 3 aromatic rings. The molecule has 0 bridgehead atoms. The highest BCUT2D eigenvalue weighted by molar-refractivity contribution is 5.87. The number of aromatic nitrogens is 2. The summed E-state index contributed by atoms with van der Waals surface area (Å²) in [4.78, 5) is 28.8. The van der Waals surface area contributed by atoms with E-state index >= 15 is 0 Å². The summed E-state index contributed by atoms with van der Waals surface area (Å²) in [6.45, 7) is 1.98. The number of aromatic carboxylic acids is 1. The number of carboxylic acid groups (broad SMARTS) is 1. The van der Waals surface area contributed by atoms with E-state index in [2.05, 4.69) is 4.98 Å². The van der Waals surface area contributed by atoms with Crippen LogP contribution in [0.25, 0.3) is 17.8 Å². The van der Waals surface area contributed by atoms with Crippen LogP contribution in [0.5, 0.6) is 11.5 Å². The number of hydrogen-bond donors (Lipinski definition) is 1. The molecule has 0 saturated heterocycles. The average Bonchev–Trinajstić information content (AvgIpc) is 2.73. The summed E-state index contributed by atoms with van der Waals surface area (Å²) in [6.07, 6.45) is 6.26. The van der Waals surface area contributed by atoms with E-state index in [4.69, 9.17) is 9.47 Å². The van der Waals surface area contributed by atoms with Gasteiger partial charge in [-0.2, -0.15) is 0 Å². The number of benzene rings is 1. The molecule has 7 heteroatoms. The topological polar surface area (TPSA) is 90.1 Å². The Balaban J connectivity index is 2.10. The molecule has 2 heterocycles. The van der Waals surface area contributed by atoms with Crippen molar-refractivity contribution in [1.82, 2.24) is 9.38 Å². The molecular weight excluding hydrogens is 372 g/mol. The summed E-state index contributed by atoms with van der Waals surface area (Å²) < 4.78 is 11.9. The van der Waals surface area contributed by atoms with Crippen LogP contribution in [0.4, 0.5) is 0 Å². The molecule has 2 aromatic heterocycles. The second kappa shape index (κ2) is 8.60. The lowest BCUT2D eigenvalue weighted by atomic mass is 10.1. The molecule has 0 aliphatic heterocycles. The van der Waals surface area contributed by atoms with Gasteiger partial charge in [-0.05, 0) is 42.3 Å². The summed E-state index contributed by atoms with van der Waals surface area (Å²) in [7, 11) is 3.15. The number of pyridine rings is 1. The number of rotatable bonds is 7. The molecular formula is C22H22N2O5. The van der Waals surface area contributed by atoms with E-state index < -0.39 is 5.97 Å². The van der Waals surface area contributed by atoms with Gasteiger partial charge in [0.25, 0.3) is 5.56 Å². The molecule has 0 fully saturated rings. The zero-order chi connectivity index (χ0) is 21.0. The molecule has 0 unspecified atom stereocenters. The fourth-order valence-corrected chi connectivity index (χ4v) is 3.07. The zero-order valence-corrected chi connectivity index (χ0v) is 16.5. The lowest BCUT2D eigenvalue weighted by Crippen LogP contribution is -2.22. The maximum absolute atomic E-state index is 13.0. The van der Waals surface area contributed by atoms with Crippen LogP contribution in [0.3, 0.4) is 0 Å². The highest BCUT2D eigenvalue weighted by Crippen LogP contribution is 2.28. The maximum Gasteiger partial charge on any atom is 0.337 e. The van der Waals surface area contributed by atoms with E-state index in [9.17, 15) is 14.7 Å². The van der Waals surface area contributed by atoms with Crippen LogP contribution >= 0.6 is 0 Å². The SMILES string of the molecule is CCCc1c(/C=C/c2ccc(OC)c(OC)c2)nc2ccc(C(=O)O)cn2c1=O. The third-order valence-corrected chi connectivity index (χ3v) is 4.54. The highest BCUT2D eigenvalue weighted by atomic mass is 16.5. The molecule has 1 aromatic carbocycles. The largest absolute Gasteiger partial charge is 0.493 e. The Morgan fingerprint density at radius 3 is 2.55 bits per heavy atom. The van der Waals surface area contributed by atoms with Crippen molar-refractivity contribution in [2.45, 2.75) is 19.8 Å². The van der Waals surface area contributed by atoms with Crippen molar-refractivity contribution in [2.24, 2.45) is 0 Å². The first-order chi connectivity index (χ1) is 14.0. The second-order valence-corrected chi connectivity index (χ2v) is 6.43. The van der Waals surface area contributed by atoms with E-state index in [0.29, 0.717) is 34.8 Å². The summed E-state index contributed by atoms with van der Waals surface area (Å²) in [6, 6.07) is 8.49. The first kappa shape index (κ1) is 20.1. The van der Waals surface area contributed by atoms with E-state index in [1.807, 2.05) is 31.2 Å². The van der Waals surface area contributed by atoms with Crippen molar-refractivity contribution in [3.8, 4) is 11.5 Å². The van der Waals surface area contributed by atoms with Gasteiger partial charge in [0.2, 0.25) is 0 Å². The summed E-state index contributed by atoms with van der Waals surface area (Å²) in [5.74, 6) is 0.150. The van der Waals surface area contributed by atoms with Gasteiger partial charge in [0.05, 0.1) is 25.5 Å². The maximum atomic E-state index is 13.0. The number of carbonyl (C=O) groups is 1. The predicted octanol–water partition coefficient (Wildman–Crippen LogP) is 3.53. The molecule has 1 N–H and O–H groups in total. The van der Waals surface area contributed by atoms with Gasteiger partial charge in [-0.25, -0.2) is 9.78 Å².